The lowest BCUT2D eigenvalue weighted by Crippen LogP contribution is -2.34. The lowest BCUT2D eigenvalue weighted by Gasteiger charge is -2.21. The van der Waals surface area contributed by atoms with Crippen LogP contribution in [0.15, 0.2) is 24.3 Å². The lowest BCUT2D eigenvalue weighted by atomic mass is 10.0. The third kappa shape index (κ3) is 5.61. The molecule has 0 spiro atoms. The van der Waals surface area contributed by atoms with E-state index >= 15 is 0 Å². The molecule has 20 heavy (non-hydrogen) atoms. The fraction of sp³-hybridized carbons (Fsp3) is 0.562. The first-order chi connectivity index (χ1) is 9.35. The predicted molar refractivity (Wildman–Crippen MR) is 79.9 cm³/mol. The number of hydrogen-bond donors (Lipinski definition) is 1. The van der Waals surface area contributed by atoms with Gasteiger partial charge in [-0.2, -0.15) is 0 Å². The number of rotatable bonds is 6. The molecule has 1 atom stereocenters. The second kappa shape index (κ2) is 7.29. The van der Waals surface area contributed by atoms with Crippen LogP contribution in [0.2, 0.25) is 0 Å². The molecule has 1 amide bonds. The molecule has 4 heteroatoms. The summed E-state index contributed by atoms with van der Waals surface area (Å²) in [4.78, 5) is 11.9. The fourth-order valence-electron chi connectivity index (χ4n) is 1.78. The first-order valence-electron chi connectivity index (χ1n) is 6.93. The molecular weight excluding hydrogens is 254 g/mol. The Morgan fingerprint density at radius 3 is 2.30 bits per heavy atom. The van der Waals surface area contributed by atoms with Gasteiger partial charge >= 0.3 is 0 Å². The van der Waals surface area contributed by atoms with Crippen molar-refractivity contribution in [1.82, 2.24) is 5.32 Å². The fourth-order valence-corrected chi connectivity index (χ4v) is 1.78. The highest BCUT2D eigenvalue weighted by atomic mass is 16.5. The number of hydrogen-bond acceptors (Lipinski definition) is 3. The van der Waals surface area contributed by atoms with Crippen molar-refractivity contribution in [2.24, 2.45) is 0 Å². The molecule has 4 nitrogen and oxygen atoms in total. The highest BCUT2D eigenvalue weighted by Gasteiger charge is 2.16. The molecule has 0 heterocycles. The maximum atomic E-state index is 11.9. The summed E-state index contributed by atoms with van der Waals surface area (Å²) in [5, 5.41) is 2.99. The van der Waals surface area contributed by atoms with Crippen molar-refractivity contribution in [3.05, 3.63) is 29.8 Å². The second-order valence-corrected chi connectivity index (χ2v) is 5.70. The SMILES string of the molecule is CCC(NC(=O)COC(C)(C)C)c1ccc(OC)cc1. The van der Waals surface area contributed by atoms with E-state index in [2.05, 4.69) is 5.32 Å². The number of amides is 1. The lowest BCUT2D eigenvalue weighted by molar-refractivity contribution is -0.131. The van der Waals surface area contributed by atoms with Crippen LogP contribution in [0.5, 0.6) is 5.75 Å². The topological polar surface area (TPSA) is 47.6 Å². The molecule has 0 fully saturated rings. The normalized spacial score (nSPS) is 12.8. The van der Waals surface area contributed by atoms with Crippen molar-refractivity contribution in [3.63, 3.8) is 0 Å². The van der Waals surface area contributed by atoms with Crippen LogP contribution in [0.1, 0.15) is 45.7 Å². The van der Waals surface area contributed by atoms with Crippen LogP contribution in [0, 0.1) is 0 Å². The maximum absolute atomic E-state index is 11.9. The number of carbonyl (C=O) groups excluding carboxylic acids is 1. The van der Waals surface area contributed by atoms with Crippen molar-refractivity contribution in [2.75, 3.05) is 13.7 Å². The first-order valence-corrected chi connectivity index (χ1v) is 6.93. The molecule has 0 saturated heterocycles. The molecule has 0 aliphatic carbocycles. The zero-order valence-corrected chi connectivity index (χ0v) is 13.0. The van der Waals surface area contributed by atoms with Crippen molar-refractivity contribution >= 4 is 5.91 Å². The van der Waals surface area contributed by atoms with Gasteiger partial charge in [0.2, 0.25) is 5.91 Å². The minimum absolute atomic E-state index is 0.00280. The Labute approximate surface area is 121 Å². The molecule has 0 radical (unpaired) electrons. The molecule has 1 aromatic rings. The van der Waals surface area contributed by atoms with Crippen LogP contribution in [0.3, 0.4) is 0 Å². The minimum Gasteiger partial charge on any atom is -0.497 e. The molecule has 0 aliphatic rings. The average molecular weight is 279 g/mol. The Kier molecular flexibility index (Phi) is 6.02. The van der Waals surface area contributed by atoms with Gasteiger partial charge in [-0.25, -0.2) is 0 Å². The van der Waals surface area contributed by atoms with Crippen LogP contribution in [-0.2, 0) is 9.53 Å². The van der Waals surface area contributed by atoms with Gasteiger partial charge in [0.05, 0.1) is 18.8 Å². The third-order valence-corrected chi connectivity index (χ3v) is 2.90. The summed E-state index contributed by atoms with van der Waals surface area (Å²) < 4.78 is 10.6. The van der Waals surface area contributed by atoms with E-state index < -0.39 is 0 Å². The summed E-state index contributed by atoms with van der Waals surface area (Å²) in [6, 6.07) is 7.73. The van der Waals surface area contributed by atoms with E-state index in [-0.39, 0.29) is 24.2 Å². The summed E-state index contributed by atoms with van der Waals surface area (Å²) in [7, 11) is 1.64. The van der Waals surface area contributed by atoms with E-state index in [1.54, 1.807) is 7.11 Å². The number of nitrogens with one attached hydrogen (secondary N) is 1. The van der Waals surface area contributed by atoms with E-state index in [4.69, 9.17) is 9.47 Å². The largest absolute Gasteiger partial charge is 0.497 e. The van der Waals surface area contributed by atoms with Gasteiger partial charge in [-0.1, -0.05) is 19.1 Å². The zero-order chi connectivity index (χ0) is 15.2. The van der Waals surface area contributed by atoms with E-state index in [0.29, 0.717) is 0 Å². The Bertz CT molecular complexity index is 420. The molecule has 1 aromatic carbocycles. The van der Waals surface area contributed by atoms with Crippen molar-refractivity contribution in [2.45, 2.75) is 45.8 Å². The summed E-state index contributed by atoms with van der Waals surface area (Å²) in [6.07, 6.45) is 0.827. The van der Waals surface area contributed by atoms with Crippen LogP contribution >= 0.6 is 0 Å². The van der Waals surface area contributed by atoms with Gasteiger partial charge in [0.15, 0.2) is 0 Å². The highest BCUT2D eigenvalue weighted by Crippen LogP contribution is 2.20. The van der Waals surface area contributed by atoms with Crippen molar-refractivity contribution < 1.29 is 14.3 Å². The van der Waals surface area contributed by atoms with Crippen molar-refractivity contribution in [1.29, 1.82) is 0 Å². The van der Waals surface area contributed by atoms with E-state index in [0.717, 1.165) is 17.7 Å². The van der Waals surface area contributed by atoms with Gasteiger partial charge in [0.1, 0.15) is 12.4 Å². The molecule has 1 N–H and O–H groups in total. The van der Waals surface area contributed by atoms with Crippen LogP contribution in [0.4, 0.5) is 0 Å². The smallest absolute Gasteiger partial charge is 0.246 e. The van der Waals surface area contributed by atoms with Crippen LogP contribution in [0.25, 0.3) is 0 Å². The number of methoxy groups -OCH3 is 1. The quantitative estimate of drug-likeness (QED) is 0.870. The predicted octanol–water partition coefficient (Wildman–Crippen LogP) is 3.08. The molecule has 112 valence electrons. The molecular formula is C16H25NO3. The second-order valence-electron chi connectivity index (χ2n) is 5.70. The highest BCUT2D eigenvalue weighted by molar-refractivity contribution is 5.77. The van der Waals surface area contributed by atoms with Crippen LogP contribution in [-0.4, -0.2) is 25.2 Å². The average Bonchev–Trinajstić information content (AvgIpc) is 2.42. The molecule has 0 saturated carbocycles. The Hall–Kier alpha value is -1.55. The molecule has 0 bridgehead atoms. The summed E-state index contributed by atoms with van der Waals surface area (Å²) in [5.74, 6) is 0.716. The van der Waals surface area contributed by atoms with Gasteiger partial charge in [-0.05, 0) is 44.9 Å². The van der Waals surface area contributed by atoms with E-state index in [1.165, 1.54) is 0 Å². The van der Waals surface area contributed by atoms with Crippen LogP contribution < -0.4 is 10.1 Å². The minimum atomic E-state index is -0.306. The Morgan fingerprint density at radius 2 is 1.85 bits per heavy atom. The summed E-state index contributed by atoms with van der Waals surface area (Å²) >= 11 is 0. The zero-order valence-electron chi connectivity index (χ0n) is 13.0. The van der Waals surface area contributed by atoms with Gasteiger partial charge in [0, 0.05) is 0 Å². The van der Waals surface area contributed by atoms with Crippen molar-refractivity contribution in [3.8, 4) is 5.75 Å². The Morgan fingerprint density at radius 1 is 1.25 bits per heavy atom. The number of benzene rings is 1. The Balaban J connectivity index is 2.59. The monoisotopic (exact) mass is 279 g/mol. The van der Waals surface area contributed by atoms with Gasteiger partial charge in [0.25, 0.3) is 0 Å². The first kappa shape index (κ1) is 16.5. The molecule has 0 aliphatic heterocycles. The summed E-state index contributed by atoms with van der Waals surface area (Å²) in [6.45, 7) is 7.92. The standard InChI is InChI=1S/C16H25NO3/c1-6-14(12-7-9-13(19-5)10-8-12)17-15(18)11-20-16(2,3)4/h7-10,14H,6,11H2,1-5H3,(H,17,18). The van der Waals surface area contributed by atoms with Gasteiger partial charge in [-0.3, -0.25) is 4.79 Å². The number of ether oxygens (including phenoxy) is 2. The van der Waals surface area contributed by atoms with E-state index in [9.17, 15) is 4.79 Å². The molecule has 1 unspecified atom stereocenters. The maximum Gasteiger partial charge on any atom is 0.246 e. The van der Waals surface area contributed by atoms with Gasteiger partial charge < -0.3 is 14.8 Å². The number of carbonyl (C=O) groups is 1. The third-order valence-electron chi connectivity index (χ3n) is 2.90. The van der Waals surface area contributed by atoms with Gasteiger partial charge in [-0.15, -0.1) is 0 Å². The molecule has 0 aromatic heterocycles. The summed E-state index contributed by atoms with van der Waals surface area (Å²) in [5.41, 5.74) is 0.761. The molecule has 1 rings (SSSR count). The van der Waals surface area contributed by atoms with E-state index in [1.807, 2.05) is 52.0 Å².